The van der Waals surface area contributed by atoms with Gasteiger partial charge in [0.05, 0.1) is 23.2 Å². The lowest BCUT2D eigenvalue weighted by atomic mass is 10.2. The molecule has 1 saturated carbocycles. The van der Waals surface area contributed by atoms with Crippen molar-refractivity contribution in [3.63, 3.8) is 0 Å². The Balaban J connectivity index is 1.70. The van der Waals surface area contributed by atoms with Gasteiger partial charge in [-0.25, -0.2) is 14.8 Å². The van der Waals surface area contributed by atoms with E-state index >= 15 is 0 Å². The number of fused-ring (bicyclic) bond motifs is 2. The summed E-state index contributed by atoms with van der Waals surface area (Å²) in [6, 6.07) is 14.5. The SMILES string of the molecule is CCOC(=O)c1cccc(-n2c(N)c(C(=O)NC3CCCC3)c3nc4ccccc4nc32)c1. The zero-order valence-corrected chi connectivity index (χ0v) is 18.4. The fraction of sp³-hybridized carbons (Fsp3) is 0.280. The Hall–Kier alpha value is -3.94. The number of carbonyl (C=O) groups is 2. The normalized spacial score (nSPS) is 14.1. The van der Waals surface area contributed by atoms with Crippen molar-refractivity contribution in [2.75, 3.05) is 12.3 Å². The number of aromatic nitrogens is 3. The number of benzene rings is 2. The molecule has 0 unspecified atom stereocenters. The maximum atomic E-state index is 13.3. The summed E-state index contributed by atoms with van der Waals surface area (Å²) in [6.07, 6.45) is 4.13. The number of amides is 1. The largest absolute Gasteiger partial charge is 0.462 e. The molecular formula is C25H25N5O3. The van der Waals surface area contributed by atoms with E-state index in [-0.39, 0.29) is 24.4 Å². The van der Waals surface area contributed by atoms with E-state index in [1.165, 1.54) is 0 Å². The zero-order chi connectivity index (χ0) is 22.9. The Bertz CT molecular complexity index is 1370. The van der Waals surface area contributed by atoms with Crippen molar-refractivity contribution in [1.29, 1.82) is 0 Å². The van der Waals surface area contributed by atoms with E-state index < -0.39 is 5.97 Å². The molecule has 1 aliphatic rings. The van der Waals surface area contributed by atoms with Crippen LogP contribution in [0.3, 0.4) is 0 Å². The van der Waals surface area contributed by atoms with Crippen molar-refractivity contribution in [2.24, 2.45) is 0 Å². The van der Waals surface area contributed by atoms with Gasteiger partial charge in [-0.15, -0.1) is 0 Å². The van der Waals surface area contributed by atoms with Gasteiger partial charge in [0, 0.05) is 11.7 Å². The average molecular weight is 444 g/mol. The van der Waals surface area contributed by atoms with E-state index in [1.807, 2.05) is 30.3 Å². The fourth-order valence-electron chi connectivity index (χ4n) is 4.46. The molecule has 0 bridgehead atoms. The second-order valence-corrected chi connectivity index (χ2v) is 8.21. The number of ether oxygens (including phenoxy) is 1. The molecule has 0 saturated heterocycles. The monoisotopic (exact) mass is 443 g/mol. The maximum absolute atomic E-state index is 13.3. The summed E-state index contributed by atoms with van der Waals surface area (Å²) in [4.78, 5) is 35.2. The van der Waals surface area contributed by atoms with E-state index in [0.29, 0.717) is 39.0 Å². The van der Waals surface area contributed by atoms with Gasteiger partial charge in [0.25, 0.3) is 5.91 Å². The molecule has 8 nitrogen and oxygen atoms in total. The van der Waals surface area contributed by atoms with Crippen LogP contribution in [0.2, 0.25) is 0 Å². The summed E-state index contributed by atoms with van der Waals surface area (Å²) in [5.41, 5.74) is 10.1. The molecule has 1 amide bonds. The third-order valence-corrected chi connectivity index (χ3v) is 6.03. The smallest absolute Gasteiger partial charge is 0.338 e. The summed E-state index contributed by atoms with van der Waals surface area (Å²) in [5, 5.41) is 3.11. The van der Waals surface area contributed by atoms with E-state index in [0.717, 1.165) is 25.7 Å². The molecule has 33 heavy (non-hydrogen) atoms. The molecule has 1 aliphatic carbocycles. The van der Waals surface area contributed by atoms with Gasteiger partial charge in [-0.3, -0.25) is 9.36 Å². The molecule has 0 radical (unpaired) electrons. The lowest BCUT2D eigenvalue weighted by Crippen LogP contribution is -2.33. The van der Waals surface area contributed by atoms with E-state index in [2.05, 4.69) is 5.32 Å². The Labute approximate surface area is 190 Å². The summed E-state index contributed by atoms with van der Waals surface area (Å²) in [7, 11) is 0. The molecular weight excluding hydrogens is 418 g/mol. The number of carbonyl (C=O) groups excluding carboxylic acids is 2. The Kier molecular flexibility index (Phi) is 5.42. The van der Waals surface area contributed by atoms with E-state index in [9.17, 15) is 9.59 Å². The number of esters is 1. The van der Waals surface area contributed by atoms with Crippen LogP contribution < -0.4 is 11.1 Å². The van der Waals surface area contributed by atoms with E-state index in [1.54, 1.807) is 29.7 Å². The first-order valence-corrected chi connectivity index (χ1v) is 11.2. The molecule has 1 fully saturated rings. The molecule has 0 spiro atoms. The van der Waals surface area contributed by atoms with Gasteiger partial charge >= 0.3 is 5.97 Å². The first-order chi connectivity index (χ1) is 16.1. The van der Waals surface area contributed by atoms with Crippen LogP contribution in [-0.4, -0.2) is 39.1 Å². The van der Waals surface area contributed by atoms with E-state index in [4.69, 9.17) is 20.4 Å². The summed E-state index contributed by atoms with van der Waals surface area (Å²) >= 11 is 0. The second kappa shape index (κ2) is 8.54. The number of nitrogens with one attached hydrogen (secondary N) is 1. The number of nitrogens with zero attached hydrogens (tertiary/aromatic N) is 3. The third-order valence-electron chi connectivity index (χ3n) is 6.03. The minimum Gasteiger partial charge on any atom is -0.462 e. The number of anilines is 1. The minimum absolute atomic E-state index is 0.135. The number of hydrogen-bond acceptors (Lipinski definition) is 6. The second-order valence-electron chi connectivity index (χ2n) is 8.21. The van der Waals surface area contributed by atoms with Crippen LogP contribution in [0.4, 0.5) is 5.82 Å². The van der Waals surface area contributed by atoms with Crippen LogP contribution in [0.25, 0.3) is 27.9 Å². The van der Waals surface area contributed by atoms with Crippen molar-refractivity contribution in [3.05, 3.63) is 59.7 Å². The number of nitrogens with two attached hydrogens (primary N) is 1. The van der Waals surface area contributed by atoms with Gasteiger partial charge in [0.15, 0.2) is 5.65 Å². The van der Waals surface area contributed by atoms with Gasteiger partial charge in [-0.1, -0.05) is 31.0 Å². The van der Waals surface area contributed by atoms with Crippen LogP contribution in [-0.2, 0) is 4.74 Å². The fourth-order valence-corrected chi connectivity index (χ4v) is 4.46. The highest BCUT2D eigenvalue weighted by atomic mass is 16.5. The summed E-state index contributed by atoms with van der Waals surface area (Å²) in [5.74, 6) is -0.448. The molecule has 4 aromatic rings. The highest BCUT2D eigenvalue weighted by Crippen LogP contribution is 2.32. The lowest BCUT2D eigenvalue weighted by molar-refractivity contribution is 0.0526. The molecule has 0 atom stereocenters. The van der Waals surface area contributed by atoms with Crippen molar-refractivity contribution >= 4 is 39.9 Å². The topological polar surface area (TPSA) is 112 Å². The van der Waals surface area contributed by atoms with Crippen LogP contribution in [0, 0.1) is 0 Å². The number of rotatable bonds is 5. The Morgan fingerprint density at radius 1 is 1.09 bits per heavy atom. The Morgan fingerprint density at radius 3 is 2.55 bits per heavy atom. The van der Waals surface area contributed by atoms with Crippen molar-refractivity contribution in [2.45, 2.75) is 38.6 Å². The number of para-hydroxylation sites is 2. The highest BCUT2D eigenvalue weighted by Gasteiger charge is 2.27. The van der Waals surface area contributed by atoms with Crippen molar-refractivity contribution in [1.82, 2.24) is 19.9 Å². The van der Waals surface area contributed by atoms with Gasteiger partial charge in [-0.2, -0.15) is 0 Å². The van der Waals surface area contributed by atoms with Crippen LogP contribution in [0.1, 0.15) is 53.3 Å². The maximum Gasteiger partial charge on any atom is 0.338 e. The van der Waals surface area contributed by atoms with Crippen LogP contribution in [0.15, 0.2) is 48.5 Å². The molecule has 3 N–H and O–H groups in total. The molecule has 8 heteroatoms. The third kappa shape index (κ3) is 3.77. The van der Waals surface area contributed by atoms with Gasteiger partial charge in [0.1, 0.15) is 16.9 Å². The first-order valence-electron chi connectivity index (χ1n) is 11.2. The molecule has 168 valence electrons. The number of nitrogen functional groups attached to an aromatic ring is 1. The van der Waals surface area contributed by atoms with Gasteiger partial charge in [0.2, 0.25) is 0 Å². The standard InChI is InChI=1S/C25H25N5O3/c1-2-33-25(32)15-8-7-11-17(14-15)30-22(26)20(24(31)27-16-9-3-4-10-16)21-23(30)29-19-13-6-5-12-18(19)28-21/h5-8,11-14,16H,2-4,9-10,26H2,1H3,(H,27,31). The van der Waals surface area contributed by atoms with Crippen LogP contribution in [0.5, 0.6) is 0 Å². The number of hydrogen-bond donors (Lipinski definition) is 2. The van der Waals surface area contributed by atoms with Gasteiger partial charge in [-0.05, 0) is 50.1 Å². The molecule has 5 rings (SSSR count). The Morgan fingerprint density at radius 2 is 1.82 bits per heavy atom. The first kappa shape index (κ1) is 20.9. The highest BCUT2D eigenvalue weighted by molar-refractivity contribution is 6.11. The zero-order valence-electron chi connectivity index (χ0n) is 18.4. The average Bonchev–Trinajstić information content (AvgIpc) is 3.42. The molecule has 2 heterocycles. The predicted molar refractivity (Wildman–Crippen MR) is 126 cm³/mol. The van der Waals surface area contributed by atoms with Crippen molar-refractivity contribution < 1.29 is 14.3 Å². The summed E-state index contributed by atoms with van der Waals surface area (Å²) < 4.78 is 6.82. The minimum atomic E-state index is -0.426. The van der Waals surface area contributed by atoms with Crippen LogP contribution >= 0.6 is 0 Å². The lowest BCUT2D eigenvalue weighted by Gasteiger charge is -2.12. The quantitative estimate of drug-likeness (QED) is 0.451. The van der Waals surface area contributed by atoms with Crippen molar-refractivity contribution in [3.8, 4) is 5.69 Å². The summed E-state index contributed by atoms with van der Waals surface area (Å²) in [6.45, 7) is 2.04. The molecule has 2 aromatic heterocycles. The molecule has 0 aliphatic heterocycles. The predicted octanol–water partition coefficient (Wildman–Crippen LogP) is 4.01. The van der Waals surface area contributed by atoms with Gasteiger partial charge < -0.3 is 15.8 Å². The molecule has 2 aromatic carbocycles.